The molecule has 0 unspecified atom stereocenters. The van der Waals surface area contributed by atoms with Crippen molar-refractivity contribution in [3.05, 3.63) is 107 Å². The largest absolute Gasteiger partial charge is 0.478 e. The van der Waals surface area contributed by atoms with Crippen LogP contribution >= 0.6 is 0 Å². The number of benzene rings is 3. The number of hydrogen-bond acceptors (Lipinski definition) is 4. The second kappa shape index (κ2) is 8.57. The molecule has 2 N–H and O–H groups in total. The van der Waals surface area contributed by atoms with Crippen LogP contribution in [0.2, 0.25) is 0 Å². The van der Waals surface area contributed by atoms with Crippen molar-refractivity contribution in [1.29, 1.82) is 0 Å². The fourth-order valence-electron chi connectivity index (χ4n) is 3.26. The van der Waals surface area contributed by atoms with Crippen LogP contribution in [0.15, 0.2) is 84.9 Å². The van der Waals surface area contributed by atoms with Crippen molar-refractivity contribution in [2.45, 2.75) is 13.3 Å². The van der Waals surface area contributed by atoms with Crippen LogP contribution in [0, 0.1) is 6.92 Å². The SMILES string of the molecule is Cc1nc(-c2ccccc2)nc(Nc2ccc(C(=O)O)cc2)c1Cc1ccccc1. The number of nitrogens with zero attached hydrogens (tertiary/aromatic N) is 2. The van der Waals surface area contributed by atoms with Crippen molar-refractivity contribution in [3.8, 4) is 11.4 Å². The lowest BCUT2D eigenvalue weighted by Gasteiger charge is -2.15. The molecule has 0 aliphatic heterocycles. The lowest BCUT2D eigenvalue weighted by atomic mass is 10.0. The number of nitrogens with one attached hydrogen (secondary N) is 1. The summed E-state index contributed by atoms with van der Waals surface area (Å²) in [4.78, 5) is 20.7. The average molecular weight is 395 g/mol. The standard InChI is InChI=1S/C25H21N3O2/c1-17-22(16-18-8-4-2-5-9-18)24(27-21-14-12-20(13-15-21)25(29)30)28-23(26-17)19-10-6-3-7-11-19/h2-15H,16H2,1H3,(H,29,30)(H,26,27,28). The van der Waals surface area contributed by atoms with Crippen LogP contribution in [-0.4, -0.2) is 21.0 Å². The number of hydrogen-bond donors (Lipinski definition) is 2. The Bertz CT molecular complexity index is 1160. The van der Waals surface area contributed by atoms with Gasteiger partial charge < -0.3 is 10.4 Å². The maximum atomic E-state index is 11.1. The number of aromatic nitrogens is 2. The van der Waals surface area contributed by atoms with Crippen molar-refractivity contribution in [1.82, 2.24) is 9.97 Å². The molecule has 4 rings (SSSR count). The number of carbonyl (C=O) groups is 1. The Morgan fingerprint density at radius 2 is 1.50 bits per heavy atom. The van der Waals surface area contributed by atoms with E-state index in [2.05, 4.69) is 17.4 Å². The summed E-state index contributed by atoms with van der Waals surface area (Å²) in [6, 6.07) is 26.7. The van der Waals surface area contributed by atoms with E-state index in [9.17, 15) is 4.79 Å². The third kappa shape index (κ3) is 4.36. The van der Waals surface area contributed by atoms with Crippen molar-refractivity contribution < 1.29 is 9.90 Å². The van der Waals surface area contributed by atoms with E-state index in [0.717, 1.165) is 22.5 Å². The summed E-state index contributed by atoms with van der Waals surface area (Å²) in [6.07, 6.45) is 0.692. The van der Waals surface area contributed by atoms with Crippen molar-refractivity contribution in [3.63, 3.8) is 0 Å². The van der Waals surface area contributed by atoms with Crippen LogP contribution in [0.3, 0.4) is 0 Å². The molecule has 0 atom stereocenters. The molecule has 0 aliphatic carbocycles. The number of rotatable bonds is 6. The first-order valence-electron chi connectivity index (χ1n) is 9.67. The lowest BCUT2D eigenvalue weighted by Crippen LogP contribution is -2.07. The molecule has 5 heteroatoms. The maximum absolute atomic E-state index is 11.1. The van der Waals surface area contributed by atoms with Gasteiger partial charge in [0.15, 0.2) is 5.82 Å². The summed E-state index contributed by atoms with van der Waals surface area (Å²) in [5.41, 5.74) is 5.03. The van der Waals surface area contributed by atoms with E-state index in [-0.39, 0.29) is 5.56 Å². The Morgan fingerprint density at radius 1 is 0.867 bits per heavy atom. The second-order valence-corrected chi connectivity index (χ2v) is 7.00. The van der Waals surface area contributed by atoms with Crippen LogP contribution < -0.4 is 5.32 Å². The minimum Gasteiger partial charge on any atom is -0.478 e. The molecule has 0 amide bonds. The van der Waals surface area contributed by atoms with Gasteiger partial charge in [0.2, 0.25) is 0 Å². The Kier molecular flexibility index (Phi) is 5.52. The van der Waals surface area contributed by atoms with Gasteiger partial charge in [-0.3, -0.25) is 0 Å². The fourth-order valence-corrected chi connectivity index (χ4v) is 3.26. The van der Waals surface area contributed by atoms with E-state index in [0.29, 0.717) is 18.1 Å². The first-order chi connectivity index (χ1) is 14.6. The van der Waals surface area contributed by atoms with Crippen LogP contribution in [0.4, 0.5) is 11.5 Å². The van der Waals surface area contributed by atoms with Gasteiger partial charge in [0.05, 0.1) is 5.56 Å². The molecule has 5 nitrogen and oxygen atoms in total. The highest BCUT2D eigenvalue weighted by Gasteiger charge is 2.14. The number of aromatic carboxylic acids is 1. The highest BCUT2D eigenvalue weighted by atomic mass is 16.4. The zero-order valence-electron chi connectivity index (χ0n) is 16.5. The number of carboxylic acids is 1. The number of anilines is 2. The van der Waals surface area contributed by atoms with Crippen LogP contribution in [-0.2, 0) is 6.42 Å². The first-order valence-corrected chi connectivity index (χ1v) is 9.67. The Balaban J connectivity index is 1.75. The molecule has 0 spiro atoms. The molecule has 4 aromatic rings. The summed E-state index contributed by atoms with van der Waals surface area (Å²) in [6.45, 7) is 1.99. The van der Waals surface area contributed by atoms with Crippen molar-refractivity contribution >= 4 is 17.5 Å². The molecule has 1 aromatic heterocycles. The van der Waals surface area contributed by atoms with E-state index in [1.807, 2.05) is 55.5 Å². The Hall–Kier alpha value is -3.99. The van der Waals surface area contributed by atoms with Gasteiger partial charge in [0.1, 0.15) is 5.82 Å². The zero-order chi connectivity index (χ0) is 20.9. The normalized spacial score (nSPS) is 10.6. The van der Waals surface area contributed by atoms with E-state index in [1.165, 1.54) is 5.56 Å². The Morgan fingerprint density at radius 3 is 2.13 bits per heavy atom. The molecular weight excluding hydrogens is 374 g/mol. The summed E-state index contributed by atoms with van der Waals surface area (Å²) in [5, 5.41) is 12.5. The first kappa shape index (κ1) is 19.3. The zero-order valence-corrected chi connectivity index (χ0v) is 16.5. The molecule has 0 saturated carbocycles. The summed E-state index contributed by atoms with van der Waals surface area (Å²) >= 11 is 0. The predicted octanol–water partition coefficient (Wildman–Crippen LogP) is 5.48. The number of carboxylic acid groups (broad SMARTS) is 1. The smallest absolute Gasteiger partial charge is 0.335 e. The highest BCUT2D eigenvalue weighted by Crippen LogP contribution is 2.27. The second-order valence-electron chi connectivity index (χ2n) is 7.00. The minimum atomic E-state index is -0.949. The molecular formula is C25H21N3O2. The highest BCUT2D eigenvalue weighted by molar-refractivity contribution is 5.88. The minimum absolute atomic E-state index is 0.244. The van der Waals surface area contributed by atoms with Crippen LogP contribution in [0.25, 0.3) is 11.4 Å². The Labute approximate surface area is 175 Å². The van der Waals surface area contributed by atoms with E-state index in [4.69, 9.17) is 15.1 Å². The van der Waals surface area contributed by atoms with Gasteiger partial charge in [0.25, 0.3) is 0 Å². The third-order valence-corrected chi connectivity index (χ3v) is 4.86. The van der Waals surface area contributed by atoms with Gasteiger partial charge in [0, 0.05) is 28.9 Å². The van der Waals surface area contributed by atoms with Crippen molar-refractivity contribution in [2.24, 2.45) is 0 Å². The maximum Gasteiger partial charge on any atom is 0.335 e. The third-order valence-electron chi connectivity index (χ3n) is 4.86. The molecule has 0 bridgehead atoms. The molecule has 1 heterocycles. The van der Waals surface area contributed by atoms with Crippen molar-refractivity contribution in [2.75, 3.05) is 5.32 Å². The molecule has 0 fully saturated rings. The lowest BCUT2D eigenvalue weighted by molar-refractivity contribution is 0.0697. The van der Waals surface area contributed by atoms with E-state index in [1.54, 1.807) is 24.3 Å². The number of aryl methyl sites for hydroxylation is 1. The van der Waals surface area contributed by atoms with Gasteiger partial charge in [-0.1, -0.05) is 60.7 Å². The van der Waals surface area contributed by atoms with Gasteiger partial charge in [-0.25, -0.2) is 14.8 Å². The monoisotopic (exact) mass is 395 g/mol. The molecule has 3 aromatic carbocycles. The quantitative estimate of drug-likeness (QED) is 0.452. The predicted molar refractivity (Wildman–Crippen MR) is 118 cm³/mol. The van der Waals surface area contributed by atoms with Crippen LogP contribution in [0.5, 0.6) is 0 Å². The topological polar surface area (TPSA) is 75.1 Å². The van der Waals surface area contributed by atoms with Gasteiger partial charge in [-0.05, 0) is 36.8 Å². The van der Waals surface area contributed by atoms with E-state index < -0.39 is 5.97 Å². The fraction of sp³-hybridized carbons (Fsp3) is 0.0800. The van der Waals surface area contributed by atoms with Gasteiger partial charge >= 0.3 is 5.97 Å². The molecule has 148 valence electrons. The average Bonchev–Trinajstić information content (AvgIpc) is 2.77. The molecule has 30 heavy (non-hydrogen) atoms. The van der Waals surface area contributed by atoms with Crippen LogP contribution in [0.1, 0.15) is 27.2 Å². The summed E-state index contributed by atoms with van der Waals surface area (Å²) in [7, 11) is 0. The summed E-state index contributed by atoms with van der Waals surface area (Å²) in [5.74, 6) is 0.415. The molecule has 0 saturated heterocycles. The van der Waals surface area contributed by atoms with E-state index >= 15 is 0 Å². The van der Waals surface area contributed by atoms with Gasteiger partial charge in [-0.15, -0.1) is 0 Å². The molecule has 0 radical (unpaired) electrons. The summed E-state index contributed by atoms with van der Waals surface area (Å²) < 4.78 is 0. The van der Waals surface area contributed by atoms with Gasteiger partial charge in [-0.2, -0.15) is 0 Å². The molecule has 0 aliphatic rings.